The van der Waals surface area contributed by atoms with Crippen LogP contribution in [0.15, 0.2) is 22.7 Å². The van der Waals surface area contributed by atoms with Crippen LogP contribution < -0.4 is 0 Å². The topological polar surface area (TPSA) is 0 Å². The first-order valence-electron chi connectivity index (χ1n) is 4.56. The van der Waals surface area contributed by atoms with Crippen molar-refractivity contribution in [2.75, 3.05) is 10.7 Å². The molecule has 15 heavy (non-hydrogen) atoms. The van der Waals surface area contributed by atoms with E-state index in [1.807, 2.05) is 6.07 Å². The van der Waals surface area contributed by atoms with Crippen molar-refractivity contribution in [1.82, 2.24) is 0 Å². The Morgan fingerprint density at radius 3 is 2.40 bits per heavy atom. The van der Waals surface area contributed by atoms with Crippen LogP contribution in [0.5, 0.6) is 0 Å². The first-order valence-corrected chi connectivity index (χ1v) is 7.60. The molecule has 0 heterocycles. The van der Waals surface area contributed by atoms with Gasteiger partial charge in [0.05, 0.1) is 0 Å². The molecule has 0 nitrogen and oxygen atoms in total. The molecule has 1 aromatic rings. The molecule has 0 amide bonds. The number of hydrogen-bond acceptors (Lipinski definition) is 0. The summed E-state index contributed by atoms with van der Waals surface area (Å²) in [4.78, 5) is 0. The maximum atomic E-state index is 13.5. The van der Waals surface area contributed by atoms with E-state index in [0.717, 1.165) is 27.1 Å². The molecule has 0 N–H and O–H groups in total. The molecule has 0 saturated heterocycles. The van der Waals surface area contributed by atoms with E-state index in [1.54, 1.807) is 6.07 Å². The van der Waals surface area contributed by atoms with Crippen molar-refractivity contribution in [2.24, 2.45) is 5.41 Å². The quantitative estimate of drug-likeness (QED) is 0.626. The molecule has 0 saturated carbocycles. The van der Waals surface area contributed by atoms with Crippen molar-refractivity contribution in [3.8, 4) is 0 Å². The van der Waals surface area contributed by atoms with Gasteiger partial charge in [-0.15, -0.1) is 0 Å². The molecule has 0 unspecified atom stereocenters. The van der Waals surface area contributed by atoms with E-state index < -0.39 is 0 Å². The number of halogens is 4. The van der Waals surface area contributed by atoms with Gasteiger partial charge in [0.15, 0.2) is 0 Å². The van der Waals surface area contributed by atoms with E-state index in [2.05, 4.69) is 54.7 Å². The SMILES string of the molecule is CC(CBr)(CBr)Cc1cc(Br)ccc1F. The zero-order chi connectivity index (χ0) is 11.5. The fraction of sp³-hybridized carbons (Fsp3) is 0.455. The molecule has 0 radical (unpaired) electrons. The minimum absolute atomic E-state index is 0.0433. The molecule has 0 spiro atoms. The summed E-state index contributed by atoms with van der Waals surface area (Å²) in [6.45, 7) is 2.12. The molecule has 0 aliphatic heterocycles. The summed E-state index contributed by atoms with van der Waals surface area (Å²) in [6.07, 6.45) is 0.717. The average molecular weight is 403 g/mol. The Kier molecular flexibility index (Phi) is 5.26. The summed E-state index contributed by atoms with van der Waals surface area (Å²) in [5.74, 6) is -0.133. The number of rotatable bonds is 4. The van der Waals surface area contributed by atoms with Gasteiger partial charge in [-0.05, 0) is 35.6 Å². The van der Waals surface area contributed by atoms with Gasteiger partial charge >= 0.3 is 0 Å². The molecule has 0 aliphatic carbocycles. The van der Waals surface area contributed by atoms with Gasteiger partial charge in [0.1, 0.15) is 5.82 Å². The second kappa shape index (κ2) is 5.78. The minimum Gasteiger partial charge on any atom is -0.207 e. The third-order valence-corrected chi connectivity index (χ3v) is 5.47. The smallest absolute Gasteiger partial charge is 0.126 e. The van der Waals surface area contributed by atoms with Crippen LogP contribution in [0.2, 0.25) is 0 Å². The fourth-order valence-corrected chi connectivity index (χ4v) is 3.00. The third-order valence-electron chi connectivity index (χ3n) is 2.27. The second-order valence-corrected chi connectivity index (χ2v) is 6.03. The van der Waals surface area contributed by atoms with E-state index >= 15 is 0 Å². The second-order valence-electron chi connectivity index (χ2n) is 3.99. The van der Waals surface area contributed by atoms with Gasteiger partial charge in [0, 0.05) is 15.1 Å². The molecule has 84 valence electrons. The zero-order valence-corrected chi connectivity index (χ0v) is 13.1. The Morgan fingerprint density at radius 2 is 1.87 bits per heavy atom. The average Bonchev–Trinajstić information content (AvgIpc) is 2.23. The van der Waals surface area contributed by atoms with Gasteiger partial charge in [0.25, 0.3) is 0 Å². The fourth-order valence-electron chi connectivity index (χ4n) is 1.27. The van der Waals surface area contributed by atoms with E-state index in [-0.39, 0.29) is 11.2 Å². The molecule has 0 fully saturated rings. The minimum atomic E-state index is -0.133. The monoisotopic (exact) mass is 400 g/mol. The largest absolute Gasteiger partial charge is 0.207 e. The number of alkyl halides is 2. The van der Waals surface area contributed by atoms with Crippen LogP contribution in [0.3, 0.4) is 0 Å². The van der Waals surface area contributed by atoms with Crippen molar-refractivity contribution >= 4 is 47.8 Å². The first-order chi connectivity index (χ1) is 7.00. The van der Waals surface area contributed by atoms with Crippen LogP contribution in [0.4, 0.5) is 4.39 Å². The van der Waals surface area contributed by atoms with Crippen molar-refractivity contribution < 1.29 is 4.39 Å². The van der Waals surface area contributed by atoms with E-state index in [4.69, 9.17) is 0 Å². The lowest BCUT2D eigenvalue weighted by Crippen LogP contribution is -2.23. The molecule has 0 bridgehead atoms. The lowest BCUT2D eigenvalue weighted by Gasteiger charge is -2.25. The lowest BCUT2D eigenvalue weighted by molar-refractivity contribution is 0.427. The normalized spacial score (nSPS) is 11.8. The van der Waals surface area contributed by atoms with E-state index in [9.17, 15) is 4.39 Å². The third kappa shape index (κ3) is 3.82. The number of hydrogen-bond donors (Lipinski definition) is 0. The highest BCUT2D eigenvalue weighted by atomic mass is 79.9. The Bertz CT molecular complexity index is 335. The Balaban J connectivity index is 2.92. The standard InChI is InChI=1S/C11H12Br3F/c1-11(6-12,7-13)5-8-4-9(14)2-3-10(8)15/h2-4H,5-7H2,1H3. The van der Waals surface area contributed by atoms with Crippen LogP contribution >= 0.6 is 47.8 Å². The van der Waals surface area contributed by atoms with E-state index in [0.29, 0.717) is 0 Å². The van der Waals surface area contributed by atoms with Gasteiger partial charge in [0.2, 0.25) is 0 Å². The molecule has 1 rings (SSSR count). The van der Waals surface area contributed by atoms with Crippen molar-refractivity contribution in [3.05, 3.63) is 34.1 Å². The highest BCUT2D eigenvalue weighted by Crippen LogP contribution is 2.29. The molecule has 0 aromatic heterocycles. The maximum Gasteiger partial charge on any atom is 0.126 e. The summed E-state index contributed by atoms with van der Waals surface area (Å²) < 4.78 is 14.4. The predicted molar refractivity (Wildman–Crippen MR) is 73.5 cm³/mol. The Morgan fingerprint density at radius 1 is 1.27 bits per heavy atom. The maximum absolute atomic E-state index is 13.5. The number of benzene rings is 1. The van der Waals surface area contributed by atoms with Crippen LogP contribution in [-0.2, 0) is 6.42 Å². The van der Waals surface area contributed by atoms with E-state index in [1.165, 1.54) is 6.07 Å². The van der Waals surface area contributed by atoms with Crippen molar-refractivity contribution in [2.45, 2.75) is 13.3 Å². The molecule has 1 aromatic carbocycles. The summed E-state index contributed by atoms with van der Waals surface area (Å²) in [5, 5.41) is 1.69. The summed E-state index contributed by atoms with van der Waals surface area (Å²) in [7, 11) is 0. The first kappa shape index (κ1) is 13.7. The summed E-state index contributed by atoms with van der Waals surface area (Å²) in [5.41, 5.74) is 0.799. The summed E-state index contributed by atoms with van der Waals surface area (Å²) >= 11 is 10.3. The van der Waals surface area contributed by atoms with Crippen molar-refractivity contribution in [1.29, 1.82) is 0 Å². The van der Waals surface area contributed by atoms with Gasteiger partial charge < -0.3 is 0 Å². The predicted octanol–water partition coefficient (Wildman–Crippen LogP) is 4.93. The molecule has 0 atom stereocenters. The van der Waals surface area contributed by atoms with Gasteiger partial charge in [-0.3, -0.25) is 0 Å². The van der Waals surface area contributed by atoms with Crippen LogP contribution in [-0.4, -0.2) is 10.7 Å². The summed E-state index contributed by atoms with van der Waals surface area (Å²) in [6, 6.07) is 5.07. The zero-order valence-electron chi connectivity index (χ0n) is 8.37. The lowest BCUT2D eigenvalue weighted by atomic mass is 9.88. The molecular formula is C11H12Br3F. The van der Waals surface area contributed by atoms with Gasteiger partial charge in [-0.25, -0.2) is 4.39 Å². The van der Waals surface area contributed by atoms with Crippen molar-refractivity contribution in [3.63, 3.8) is 0 Å². The molecular weight excluding hydrogens is 391 g/mol. The van der Waals surface area contributed by atoms with Crippen LogP contribution in [0.1, 0.15) is 12.5 Å². The van der Waals surface area contributed by atoms with Crippen LogP contribution in [0.25, 0.3) is 0 Å². The molecule has 0 aliphatic rings. The highest BCUT2D eigenvalue weighted by Gasteiger charge is 2.23. The molecule has 4 heteroatoms. The highest BCUT2D eigenvalue weighted by molar-refractivity contribution is 9.10. The van der Waals surface area contributed by atoms with Crippen LogP contribution in [0, 0.1) is 11.2 Å². The Hall–Kier alpha value is 0.590. The Labute approximate surface area is 115 Å². The van der Waals surface area contributed by atoms with Gasteiger partial charge in [-0.2, -0.15) is 0 Å². The van der Waals surface area contributed by atoms with Gasteiger partial charge in [-0.1, -0.05) is 54.7 Å².